The van der Waals surface area contributed by atoms with E-state index in [1.807, 2.05) is 24.3 Å². The molecule has 8 nitrogen and oxygen atoms in total. The van der Waals surface area contributed by atoms with Crippen molar-refractivity contribution in [2.24, 2.45) is 5.92 Å². The molecule has 4 rings (SSSR count). The van der Waals surface area contributed by atoms with Gasteiger partial charge in [-0.25, -0.2) is 0 Å². The van der Waals surface area contributed by atoms with Crippen LogP contribution in [0.1, 0.15) is 18.6 Å². The molecule has 0 aromatic carbocycles. The third-order valence-corrected chi connectivity index (χ3v) is 4.28. The van der Waals surface area contributed by atoms with Crippen LogP contribution in [0.3, 0.4) is 0 Å². The first-order valence-corrected chi connectivity index (χ1v) is 8.02. The molecule has 1 aliphatic heterocycles. The van der Waals surface area contributed by atoms with Gasteiger partial charge < -0.3 is 14.6 Å². The molecule has 1 amide bonds. The second-order valence-electron chi connectivity index (χ2n) is 5.91. The second-order valence-corrected chi connectivity index (χ2v) is 5.91. The minimum absolute atomic E-state index is 0.0490. The number of carbonyl (C=O) groups is 1. The van der Waals surface area contributed by atoms with Crippen molar-refractivity contribution in [1.82, 2.24) is 25.1 Å². The summed E-state index contributed by atoms with van der Waals surface area (Å²) in [5.41, 5.74) is 0.712. The lowest BCUT2D eigenvalue weighted by Crippen LogP contribution is -2.43. The fourth-order valence-corrected chi connectivity index (χ4v) is 3.02. The number of hydrogen-bond donors (Lipinski definition) is 1. The number of rotatable bonds is 4. The first kappa shape index (κ1) is 14.7. The fraction of sp³-hybridized carbons (Fsp3) is 0.375. The largest absolute Gasteiger partial charge is 0.467 e. The van der Waals surface area contributed by atoms with E-state index in [-0.39, 0.29) is 11.8 Å². The first-order valence-electron chi connectivity index (χ1n) is 8.02. The van der Waals surface area contributed by atoms with E-state index < -0.39 is 0 Å². The molecule has 124 valence electrons. The van der Waals surface area contributed by atoms with Crippen LogP contribution in [-0.2, 0) is 11.3 Å². The van der Waals surface area contributed by atoms with E-state index in [2.05, 4.69) is 25.5 Å². The Kier molecular flexibility index (Phi) is 3.86. The maximum atomic E-state index is 12.4. The molecule has 1 saturated heterocycles. The van der Waals surface area contributed by atoms with Crippen LogP contribution in [0.4, 0.5) is 5.82 Å². The number of aromatic nitrogens is 4. The van der Waals surface area contributed by atoms with Gasteiger partial charge in [-0.15, -0.1) is 15.3 Å². The van der Waals surface area contributed by atoms with Crippen LogP contribution in [0.2, 0.25) is 0 Å². The number of piperidine rings is 1. The number of carbonyl (C=O) groups excluding carboxylic acids is 1. The van der Waals surface area contributed by atoms with Crippen LogP contribution in [0.5, 0.6) is 0 Å². The summed E-state index contributed by atoms with van der Waals surface area (Å²) in [5, 5.41) is 15.3. The highest BCUT2D eigenvalue weighted by Crippen LogP contribution is 2.22. The number of furan rings is 1. The van der Waals surface area contributed by atoms with Gasteiger partial charge >= 0.3 is 0 Å². The first-order chi connectivity index (χ1) is 11.8. The molecule has 1 atom stereocenters. The molecule has 0 radical (unpaired) electrons. The Morgan fingerprint density at radius 3 is 3.21 bits per heavy atom. The van der Waals surface area contributed by atoms with Crippen LogP contribution in [0.25, 0.3) is 5.65 Å². The van der Waals surface area contributed by atoms with Crippen LogP contribution < -0.4 is 10.2 Å². The summed E-state index contributed by atoms with van der Waals surface area (Å²) in [5.74, 6) is 1.61. The maximum Gasteiger partial charge on any atom is 0.225 e. The summed E-state index contributed by atoms with van der Waals surface area (Å²) in [7, 11) is 0. The van der Waals surface area contributed by atoms with Crippen LogP contribution in [0, 0.1) is 5.92 Å². The molecule has 24 heavy (non-hydrogen) atoms. The number of nitrogens with one attached hydrogen (secondary N) is 1. The van der Waals surface area contributed by atoms with E-state index in [1.54, 1.807) is 17.1 Å². The summed E-state index contributed by atoms with van der Waals surface area (Å²) < 4.78 is 6.89. The van der Waals surface area contributed by atoms with E-state index in [0.717, 1.165) is 31.0 Å². The Bertz CT molecular complexity index is 828. The number of anilines is 1. The van der Waals surface area contributed by atoms with E-state index in [4.69, 9.17) is 4.42 Å². The van der Waals surface area contributed by atoms with Crippen molar-refractivity contribution >= 4 is 17.4 Å². The monoisotopic (exact) mass is 326 g/mol. The summed E-state index contributed by atoms with van der Waals surface area (Å²) in [6.07, 6.45) is 5.03. The van der Waals surface area contributed by atoms with E-state index in [0.29, 0.717) is 18.7 Å². The number of nitrogens with zero attached hydrogens (tertiary/aromatic N) is 5. The predicted octanol–water partition coefficient (Wildman–Crippen LogP) is 1.25. The normalized spacial score (nSPS) is 18.0. The highest BCUT2D eigenvalue weighted by atomic mass is 16.3. The molecule has 3 aromatic rings. The Balaban J connectivity index is 1.41. The predicted molar refractivity (Wildman–Crippen MR) is 86.3 cm³/mol. The van der Waals surface area contributed by atoms with Gasteiger partial charge in [-0.05, 0) is 37.1 Å². The van der Waals surface area contributed by atoms with Gasteiger partial charge in [-0.1, -0.05) is 0 Å². The highest BCUT2D eigenvalue weighted by Gasteiger charge is 2.26. The van der Waals surface area contributed by atoms with Gasteiger partial charge in [0.1, 0.15) is 17.9 Å². The van der Waals surface area contributed by atoms with E-state index >= 15 is 0 Å². The van der Waals surface area contributed by atoms with Crippen molar-refractivity contribution < 1.29 is 9.21 Å². The van der Waals surface area contributed by atoms with Crippen molar-refractivity contribution in [1.29, 1.82) is 0 Å². The van der Waals surface area contributed by atoms with Gasteiger partial charge in [0.15, 0.2) is 5.65 Å². The Hall–Kier alpha value is -2.90. The van der Waals surface area contributed by atoms with Crippen molar-refractivity contribution in [3.63, 3.8) is 0 Å². The molecular formula is C16H18N6O2. The lowest BCUT2D eigenvalue weighted by atomic mass is 9.97. The quantitative estimate of drug-likeness (QED) is 0.776. The molecule has 0 bridgehead atoms. The molecule has 3 aromatic heterocycles. The Labute approximate surface area is 138 Å². The maximum absolute atomic E-state index is 12.4. The average molecular weight is 326 g/mol. The summed E-state index contributed by atoms with van der Waals surface area (Å²) >= 11 is 0. The smallest absolute Gasteiger partial charge is 0.225 e. The molecule has 0 saturated carbocycles. The molecule has 4 heterocycles. The molecule has 0 spiro atoms. The molecule has 0 unspecified atom stereocenters. The van der Waals surface area contributed by atoms with Gasteiger partial charge in [-0.3, -0.25) is 4.79 Å². The van der Waals surface area contributed by atoms with Gasteiger partial charge in [-0.2, -0.15) is 4.52 Å². The third kappa shape index (κ3) is 2.94. The summed E-state index contributed by atoms with van der Waals surface area (Å²) in [6, 6.07) is 7.48. The number of fused-ring (bicyclic) bond motifs is 1. The van der Waals surface area contributed by atoms with Crippen molar-refractivity contribution in [3.05, 3.63) is 42.6 Å². The molecule has 1 aliphatic rings. The minimum Gasteiger partial charge on any atom is -0.467 e. The molecule has 1 fully saturated rings. The zero-order chi connectivity index (χ0) is 16.4. The zero-order valence-electron chi connectivity index (χ0n) is 13.1. The van der Waals surface area contributed by atoms with Gasteiger partial charge in [0.2, 0.25) is 5.91 Å². The topological polar surface area (TPSA) is 88.6 Å². The standard InChI is InChI=1S/C16H18N6O2/c23-16(17-9-13-4-2-8-24-13)12-3-1-7-21(10-12)15-6-5-14-19-18-11-22(14)20-15/h2,4-6,8,11-12H,1,3,7,9-10H2,(H,17,23)/t12-/m1/s1. The van der Waals surface area contributed by atoms with Crippen LogP contribution in [0.15, 0.2) is 41.3 Å². The molecule has 0 aliphatic carbocycles. The Morgan fingerprint density at radius 2 is 2.33 bits per heavy atom. The summed E-state index contributed by atoms with van der Waals surface area (Å²) in [6.45, 7) is 1.97. The second kappa shape index (κ2) is 6.31. The minimum atomic E-state index is -0.0490. The number of hydrogen-bond acceptors (Lipinski definition) is 6. The molecular weight excluding hydrogens is 308 g/mol. The Morgan fingerprint density at radius 1 is 1.38 bits per heavy atom. The molecule has 8 heteroatoms. The van der Waals surface area contributed by atoms with Gasteiger partial charge in [0.05, 0.1) is 18.7 Å². The van der Waals surface area contributed by atoms with E-state index in [9.17, 15) is 4.79 Å². The lowest BCUT2D eigenvalue weighted by molar-refractivity contribution is -0.125. The zero-order valence-corrected chi connectivity index (χ0v) is 13.1. The van der Waals surface area contributed by atoms with Crippen molar-refractivity contribution in [2.75, 3.05) is 18.0 Å². The van der Waals surface area contributed by atoms with Crippen molar-refractivity contribution in [3.8, 4) is 0 Å². The fourth-order valence-electron chi connectivity index (χ4n) is 3.02. The highest BCUT2D eigenvalue weighted by molar-refractivity contribution is 5.79. The lowest BCUT2D eigenvalue weighted by Gasteiger charge is -2.32. The average Bonchev–Trinajstić information content (AvgIpc) is 3.30. The number of amides is 1. The van der Waals surface area contributed by atoms with E-state index in [1.165, 1.54) is 0 Å². The summed E-state index contributed by atoms with van der Waals surface area (Å²) in [4.78, 5) is 14.6. The van der Waals surface area contributed by atoms with Gasteiger partial charge in [0, 0.05) is 13.1 Å². The molecule has 1 N–H and O–H groups in total. The van der Waals surface area contributed by atoms with Crippen LogP contribution >= 0.6 is 0 Å². The SMILES string of the molecule is O=C(NCc1ccco1)[C@@H]1CCCN(c2ccc3nncn3n2)C1. The van der Waals surface area contributed by atoms with Crippen LogP contribution in [-0.4, -0.2) is 38.8 Å². The van der Waals surface area contributed by atoms with Crippen molar-refractivity contribution in [2.45, 2.75) is 19.4 Å². The third-order valence-electron chi connectivity index (χ3n) is 4.28. The van der Waals surface area contributed by atoms with Gasteiger partial charge in [0.25, 0.3) is 0 Å².